The Morgan fingerprint density at radius 2 is 2.15 bits per heavy atom. The molecule has 9 heteroatoms. The highest BCUT2D eigenvalue weighted by Crippen LogP contribution is 2.33. The molecule has 1 fully saturated rings. The van der Waals surface area contributed by atoms with Gasteiger partial charge in [0.15, 0.2) is 6.61 Å². The van der Waals surface area contributed by atoms with Gasteiger partial charge in [-0.3, -0.25) is 19.4 Å². The van der Waals surface area contributed by atoms with Gasteiger partial charge in [-0.1, -0.05) is 18.7 Å². The van der Waals surface area contributed by atoms with Crippen molar-refractivity contribution in [3.05, 3.63) is 48.7 Å². The summed E-state index contributed by atoms with van der Waals surface area (Å²) in [6, 6.07) is 7.70. The zero-order valence-electron chi connectivity index (χ0n) is 19.5. The number of nitrogens with one attached hydrogen (secondary N) is 1. The van der Waals surface area contributed by atoms with E-state index in [-0.39, 0.29) is 35.6 Å². The Balaban J connectivity index is 1.75. The molecule has 0 radical (unpaired) electrons. The first-order valence-electron chi connectivity index (χ1n) is 11.3. The van der Waals surface area contributed by atoms with Crippen LogP contribution in [0.5, 0.6) is 5.75 Å². The van der Waals surface area contributed by atoms with E-state index in [1.165, 1.54) is 6.92 Å². The summed E-state index contributed by atoms with van der Waals surface area (Å²) in [4.78, 5) is 41.4. The van der Waals surface area contributed by atoms with Gasteiger partial charge in [-0.2, -0.15) is 0 Å². The number of pyridine rings is 1. The fourth-order valence-corrected chi connectivity index (χ4v) is 4.81. The summed E-state index contributed by atoms with van der Waals surface area (Å²) in [5, 5.41) is 3.56. The molecule has 0 saturated carbocycles. The lowest BCUT2D eigenvalue weighted by atomic mass is 9.79. The Labute approximate surface area is 205 Å². The van der Waals surface area contributed by atoms with Crippen LogP contribution in [-0.2, 0) is 20.7 Å². The van der Waals surface area contributed by atoms with E-state index in [4.69, 9.17) is 9.47 Å². The summed E-state index contributed by atoms with van der Waals surface area (Å²) in [6.45, 7) is 5.89. The fourth-order valence-electron chi connectivity index (χ4n) is 4.55. The summed E-state index contributed by atoms with van der Waals surface area (Å²) in [6.07, 6.45) is 5.81. The number of aromatic nitrogens is 1. The van der Waals surface area contributed by atoms with Gasteiger partial charge in [-0.05, 0) is 60.9 Å². The van der Waals surface area contributed by atoms with Crippen LogP contribution in [-0.4, -0.2) is 59.8 Å². The Kier molecular flexibility index (Phi) is 8.92. The molecule has 182 valence electrons. The largest absolute Gasteiger partial charge is 0.497 e. The predicted molar refractivity (Wildman–Crippen MR) is 133 cm³/mol. The lowest BCUT2D eigenvalue weighted by Crippen LogP contribution is -2.47. The van der Waals surface area contributed by atoms with Gasteiger partial charge in [0, 0.05) is 37.6 Å². The molecule has 1 aromatic carbocycles. The third-order valence-electron chi connectivity index (χ3n) is 6.35. The quantitative estimate of drug-likeness (QED) is 0.321. The molecule has 2 aromatic rings. The van der Waals surface area contributed by atoms with Crippen molar-refractivity contribution in [3.63, 3.8) is 0 Å². The van der Waals surface area contributed by atoms with Gasteiger partial charge < -0.3 is 19.7 Å². The van der Waals surface area contributed by atoms with Gasteiger partial charge >= 0.3 is 5.97 Å². The number of carbonyl (C=O) groups is 3. The van der Waals surface area contributed by atoms with E-state index in [0.717, 1.165) is 35.1 Å². The van der Waals surface area contributed by atoms with E-state index in [0.29, 0.717) is 19.5 Å². The number of nitrogens with zero attached hydrogens (tertiary/aromatic N) is 2. The number of likely N-dealkylation sites (tertiary alicyclic amines) is 1. The number of piperidine rings is 1. The average Bonchev–Trinajstić information content (AvgIpc) is 2.83. The van der Waals surface area contributed by atoms with Crippen LogP contribution < -0.4 is 10.1 Å². The maximum atomic E-state index is 12.3. The summed E-state index contributed by atoms with van der Waals surface area (Å²) < 4.78 is 10.1. The standard InChI is InChI=1S/C25H31N3O5S/c1-4-17(14-27-24(30)15-33-16(2)29)18-8-10-28(25(31)34)20(11-18)12-19-7-9-26-23-6-5-21(32-3)13-22(19)23/h4-7,9,13,17-18,20H,1,8,10-12,14-15H2,2-3H3,(H,27,30)(H,31,34). The number of esters is 1. The minimum absolute atomic E-state index is 0.0234. The Morgan fingerprint density at radius 1 is 1.35 bits per heavy atom. The maximum absolute atomic E-state index is 12.3. The van der Waals surface area contributed by atoms with Crippen LogP contribution in [0, 0.1) is 11.8 Å². The Morgan fingerprint density at radius 3 is 2.82 bits per heavy atom. The third-order valence-corrected chi connectivity index (χ3v) is 6.60. The van der Waals surface area contributed by atoms with Gasteiger partial charge in [0.1, 0.15) is 5.75 Å². The van der Waals surface area contributed by atoms with Crippen LogP contribution in [0.3, 0.4) is 0 Å². The van der Waals surface area contributed by atoms with Gasteiger partial charge in [-0.25, -0.2) is 0 Å². The van der Waals surface area contributed by atoms with Gasteiger partial charge in [0.2, 0.25) is 0 Å². The first-order chi connectivity index (χ1) is 16.3. The number of methoxy groups -OCH3 is 1. The molecular weight excluding hydrogens is 454 g/mol. The number of hydrogen-bond acceptors (Lipinski definition) is 6. The number of carbonyl (C=O) groups excluding carboxylic acids is 3. The van der Waals surface area contributed by atoms with Crippen molar-refractivity contribution in [2.24, 2.45) is 11.8 Å². The molecule has 34 heavy (non-hydrogen) atoms. The molecule has 0 bridgehead atoms. The van der Waals surface area contributed by atoms with E-state index in [2.05, 4.69) is 29.5 Å². The van der Waals surface area contributed by atoms with E-state index >= 15 is 0 Å². The SMILES string of the molecule is C=CC(CNC(=O)COC(C)=O)C1CCN(C(=O)S)C(Cc2ccnc3ccc(OC)cc23)C1. The zero-order chi connectivity index (χ0) is 24.7. The van der Waals surface area contributed by atoms with Gasteiger partial charge in [0.25, 0.3) is 11.1 Å². The van der Waals surface area contributed by atoms with Crippen LogP contribution in [0.15, 0.2) is 43.1 Å². The normalized spacial score (nSPS) is 18.7. The number of hydrogen-bond donors (Lipinski definition) is 2. The van der Waals surface area contributed by atoms with Crippen molar-refractivity contribution in [2.75, 3.05) is 26.8 Å². The van der Waals surface area contributed by atoms with Crippen molar-refractivity contribution in [1.82, 2.24) is 15.2 Å². The highest BCUT2D eigenvalue weighted by Gasteiger charge is 2.34. The number of ether oxygens (including phenoxy) is 2. The van der Waals surface area contributed by atoms with Gasteiger partial charge in [-0.15, -0.1) is 6.58 Å². The average molecular weight is 486 g/mol. The number of thiol groups is 1. The molecule has 8 nitrogen and oxygen atoms in total. The molecule has 2 heterocycles. The lowest BCUT2D eigenvalue weighted by molar-refractivity contribution is -0.146. The molecule has 3 atom stereocenters. The molecule has 1 aromatic heterocycles. The first kappa shape index (κ1) is 25.6. The fraction of sp³-hybridized carbons (Fsp3) is 0.440. The second kappa shape index (κ2) is 11.9. The van der Waals surface area contributed by atoms with Crippen molar-refractivity contribution < 1.29 is 23.9 Å². The van der Waals surface area contributed by atoms with Crippen LogP contribution in [0.4, 0.5) is 4.79 Å². The van der Waals surface area contributed by atoms with Crippen LogP contribution in [0.2, 0.25) is 0 Å². The van der Waals surface area contributed by atoms with E-state index in [9.17, 15) is 14.4 Å². The number of rotatable bonds is 9. The number of benzene rings is 1. The molecule has 0 aliphatic carbocycles. The molecule has 1 N–H and O–H groups in total. The molecule has 2 amide bonds. The molecule has 0 spiro atoms. The second-order valence-corrected chi connectivity index (χ2v) is 8.84. The smallest absolute Gasteiger partial charge is 0.303 e. The minimum atomic E-state index is -0.497. The number of fused-ring (bicyclic) bond motifs is 1. The summed E-state index contributed by atoms with van der Waals surface area (Å²) in [5.41, 5.74) is 1.95. The second-order valence-electron chi connectivity index (χ2n) is 8.46. The molecule has 3 unspecified atom stereocenters. The predicted octanol–water partition coefficient (Wildman–Crippen LogP) is 3.40. The van der Waals surface area contributed by atoms with Crippen LogP contribution >= 0.6 is 12.6 Å². The van der Waals surface area contributed by atoms with Crippen molar-refractivity contribution in [3.8, 4) is 5.75 Å². The zero-order valence-corrected chi connectivity index (χ0v) is 20.4. The summed E-state index contributed by atoms with van der Waals surface area (Å²) in [7, 11) is 1.63. The van der Waals surface area contributed by atoms with Crippen LogP contribution in [0.25, 0.3) is 10.9 Å². The monoisotopic (exact) mass is 485 g/mol. The van der Waals surface area contributed by atoms with Crippen molar-refractivity contribution >= 4 is 40.6 Å². The first-order valence-corrected chi connectivity index (χ1v) is 11.7. The van der Waals surface area contributed by atoms with E-state index in [1.54, 1.807) is 13.3 Å². The molecule has 1 aliphatic rings. The highest BCUT2D eigenvalue weighted by molar-refractivity contribution is 7.96. The summed E-state index contributed by atoms with van der Waals surface area (Å²) in [5.74, 6) is 0.155. The lowest BCUT2D eigenvalue weighted by Gasteiger charge is -2.41. The van der Waals surface area contributed by atoms with Gasteiger partial charge in [0.05, 0.1) is 12.6 Å². The van der Waals surface area contributed by atoms with Crippen molar-refractivity contribution in [2.45, 2.75) is 32.2 Å². The maximum Gasteiger partial charge on any atom is 0.303 e. The Hall–Kier alpha value is -3.07. The highest BCUT2D eigenvalue weighted by atomic mass is 32.1. The number of amides is 2. The van der Waals surface area contributed by atoms with E-state index in [1.807, 2.05) is 35.2 Å². The summed E-state index contributed by atoms with van der Waals surface area (Å²) >= 11 is 4.12. The molecular formula is C25H31N3O5S. The van der Waals surface area contributed by atoms with E-state index < -0.39 is 5.97 Å². The molecule has 1 aliphatic heterocycles. The van der Waals surface area contributed by atoms with Crippen LogP contribution in [0.1, 0.15) is 25.3 Å². The Bertz CT molecular complexity index is 1060. The topological polar surface area (TPSA) is 97.8 Å². The molecule has 1 saturated heterocycles. The third kappa shape index (κ3) is 6.50. The minimum Gasteiger partial charge on any atom is -0.497 e. The van der Waals surface area contributed by atoms with Crippen molar-refractivity contribution in [1.29, 1.82) is 0 Å². The molecule has 3 rings (SSSR count).